The highest BCUT2D eigenvalue weighted by Crippen LogP contribution is 2.19. The highest BCUT2D eigenvalue weighted by atomic mass is 16.5. The van der Waals surface area contributed by atoms with Crippen LogP contribution >= 0.6 is 0 Å². The first-order valence-corrected chi connectivity index (χ1v) is 7.15. The van der Waals surface area contributed by atoms with Gasteiger partial charge in [-0.1, -0.05) is 13.3 Å². The Labute approximate surface area is 107 Å². The molecular weight excluding hydrogens is 212 g/mol. The number of ether oxygens (including phenoxy) is 1. The molecule has 2 unspecified atom stereocenters. The Morgan fingerprint density at radius 3 is 2.82 bits per heavy atom. The van der Waals surface area contributed by atoms with Crippen LogP contribution in [0, 0.1) is 5.92 Å². The predicted octanol–water partition coefficient (Wildman–Crippen LogP) is 2.12. The molecule has 102 valence electrons. The Morgan fingerprint density at radius 2 is 2.18 bits per heavy atom. The average molecular weight is 242 g/mol. The molecule has 2 atom stereocenters. The summed E-state index contributed by atoms with van der Waals surface area (Å²) in [5.41, 5.74) is 0. The second-order valence-electron chi connectivity index (χ2n) is 5.63. The van der Waals surface area contributed by atoms with Crippen LogP contribution in [0.3, 0.4) is 0 Å². The monoisotopic (exact) mass is 242 g/mol. The van der Waals surface area contributed by atoms with Gasteiger partial charge in [-0.15, -0.1) is 0 Å². The fourth-order valence-electron chi connectivity index (χ4n) is 2.52. The van der Waals surface area contributed by atoms with Gasteiger partial charge in [-0.3, -0.25) is 0 Å². The maximum absolute atomic E-state index is 5.58. The molecule has 0 aromatic carbocycles. The Hall–Kier alpha value is -0.120. The number of hydrogen-bond donors (Lipinski definition) is 1. The molecule has 1 saturated heterocycles. The number of nitrogens with one attached hydrogen (secondary N) is 1. The third-order valence-corrected chi connectivity index (χ3v) is 3.64. The topological polar surface area (TPSA) is 24.5 Å². The highest BCUT2D eigenvalue weighted by Gasteiger charge is 2.20. The molecule has 1 N–H and O–H groups in total. The average Bonchev–Trinajstić information content (AvgIpc) is 2.28. The molecule has 0 bridgehead atoms. The van der Waals surface area contributed by atoms with Crippen LogP contribution in [0.5, 0.6) is 0 Å². The molecule has 0 aromatic heterocycles. The standard InChI is InChI=1S/C14H30N2O/c1-5-13-6-7-15-14(10-13)11-16(4)8-9-17-12(2)3/h12-15H,5-11H2,1-4H3. The van der Waals surface area contributed by atoms with Crippen molar-refractivity contribution < 1.29 is 4.74 Å². The van der Waals surface area contributed by atoms with Gasteiger partial charge in [0, 0.05) is 19.1 Å². The zero-order valence-corrected chi connectivity index (χ0v) is 12.0. The zero-order valence-electron chi connectivity index (χ0n) is 12.0. The minimum atomic E-state index is 0.348. The number of rotatable bonds is 7. The quantitative estimate of drug-likeness (QED) is 0.740. The largest absolute Gasteiger partial charge is 0.377 e. The van der Waals surface area contributed by atoms with Crippen molar-refractivity contribution in [2.75, 3.05) is 33.3 Å². The first-order valence-electron chi connectivity index (χ1n) is 7.15. The molecule has 1 aliphatic rings. The highest BCUT2D eigenvalue weighted by molar-refractivity contribution is 4.79. The van der Waals surface area contributed by atoms with Gasteiger partial charge in [0.25, 0.3) is 0 Å². The molecule has 1 rings (SSSR count). The van der Waals surface area contributed by atoms with E-state index in [4.69, 9.17) is 4.74 Å². The van der Waals surface area contributed by atoms with Crippen LogP contribution in [0.1, 0.15) is 40.0 Å². The fraction of sp³-hybridized carbons (Fsp3) is 1.00. The van der Waals surface area contributed by atoms with Crippen molar-refractivity contribution in [3.8, 4) is 0 Å². The molecule has 0 aliphatic carbocycles. The Morgan fingerprint density at radius 1 is 1.41 bits per heavy atom. The molecule has 0 radical (unpaired) electrons. The van der Waals surface area contributed by atoms with Gasteiger partial charge >= 0.3 is 0 Å². The van der Waals surface area contributed by atoms with Crippen molar-refractivity contribution >= 4 is 0 Å². The smallest absolute Gasteiger partial charge is 0.0596 e. The first kappa shape index (κ1) is 14.9. The molecule has 17 heavy (non-hydrogen) atoms. The van der Waals surface area contributed by atoms with Crippen molar-refractivity contribution in [1.29, 1.82) is 0 Å². The van der Waals surface area contributed by atoms with E-state index >= 15 is 0 Å². The molecule has 3 nitrogen and oxygen atoms in total. The second kappa shape index (κ2) is 8.06. The van der Waals surface area contributed by atoms with Gasteiger partial charge < -0.3 is 15.0 Å². The SMILES string of the molecule is CCC1CCNC(CN(C)CCOC(C)C)C1. The molecule has 3 heteroatoms. The summed E-state index contributed by atoms with van der Waals surface area (Å²) in [6.45, 7) is 10.7. The van der Waals surface area contributed by atoms with Gasteiger partial charge in [0.2, 0.25) is 0 Å². The van der Waals surface area contributed by atoms with Gasteiger partial charge in [-0.2, -0.15) is 0 Å². The summed E-state index contributed by atoms with van der Waals surface area (Å²) in [5, 5.41) is 3.63. The van der Waals surface area contributed by atoms with E-state index in [9.17, 15) is 0 Å². The van der Waals surface area contributed by atoms with E-state index in [0.29, 0.717) is 12.1 Å². The van der Waals surface area contributed by atoms with Crippen molar-refractivity contribution in [2.45, 2.75) is 52.2 Å². The lowest BCUT2D eigenvalue weighted by Crippen LogP contribution is -2.45. The lowest BCUT2D eigenvalue weighted by atomic mass is 9.90. The fourth-order valence-corrected chi connectivity index (χ4v) is 2.52. The Bertz CT molecular complexity index is 197. The molecular formula is C14H30N2O. The van der Waals surface area contributed by atoms with E-state index in [-0.39, 0.29) is 0 Å². The van der Waals surface area contributed by atoms with E-state index in [2.05, 4.69) is 38.0 Å². The molecule has 0 saturated carbocycles. The summed E-state index contributed by atoms with van der Waals surface area (Å²) in [7, 11) is 2.20. The third kappa shape index (κ3) is 6.39. The van der Waals surface area contributed by atoms with Crippen LogP contribution in [0.4, 0.5) is 0 Å². The molecule has 0 amide bonds. The first-order chi connectivity index (χ1) is 8.11. The van der Waals surface area contributed by atoms with Crippen molar-refractivity contribution in [1.82, 2.24) is 10.2 Å². The maximum atomic E-state index is 5.58. The number of piperidine rings is 1. The zero-order chi connectivity index (χ0) is 12.7. The summed E-state index contributed by atoms with van der Waals surface area (Å²) in [6.07, 6.45) is 4.37. The van der Waals surface area contributed by atoms with E-state index < -0.39 is 0 Å². The third-order valence-electron chi connectivity index (χ3n) is 3.64. The van der Waals surface area contributed by atoms with Crippen LogP contribution < -0.4 is 5.32 Å². The second-order valence-corrected chi connectivity index (χ2v) is 5.63. The van der Waals surface area contributed by atoms with Gasteiger partial charge in [0.1, 0.15) is 0 Å². The van der Waals surface area contributed by atoms with Crippen molar-refractivity contribution in [3.05, 3.63) is 0 Å². The number of hydrogen-bond acceptors (Lipinski definition) is 3. The molecule has 1 heterocycles. The molecule has 0 spiro atoms. The summed E-state index contributed by atoms with van der Waals surface area (Å²) in [4.78, 5) is 2.39. The normalized spacial score (nSPS) is 25.8. The van der Waals surface area contributed by atoms with E-state index in [1.807, 2.05) is 0 Å². The summed E-state index contributed by atoms with van der Waals surface area (Å²) < 4.78 is 5.58. The van der Waals surface area contributed by atoms with Crippen LogP contribution in [0.15, 0.2) is 0 Å². The van der Waals surface area contributed by atoms with Gasteiger partial charge in [-0.05, 0) is 46.2 Å². The van der Waals surface area contributed by atoms with E-state index in [0.717, 1.165) is 25.6 Å². The maximum Gasteiger partial charge on any atom is 0.0596 e. The minimum Gasteiger partial charge on any atom is -0.377 e. The van der Waals surface area contributed by atoms with Gasteiger partial charge in [0.05, 0.1) is 12.7 Å². The van der Waals surface area contributed by atoms with Crippen molar-refractivity contribution in [2.24, 2.45) is 5.92 Å². The van der Waals surface area contributed by atoms with Crippen molar-refractivity contribution in [3.63, 3.8) is 0 Å². The minimum absolute atomic E-state index is 0.348. The molecule has 0 aromatic rings. The van der Waals surface area contributed by atoms with Crippen LogP contribution in [-0.2, 0) is 4.74 Å². The lowest BCUT2D eigenvalue weighted by Gasteiger charge is -2.32. The van der Waals surface area contributed by atoms with Gasteiger partial charge in [0.15, 0.2) is 0 Å². The van der Waals surface area contributed by atoms with Gasteiger partial charge in [-0.25, -0.2) is 0 Å². The lowest BCUT2D eigenvalue weighted by molar-refractivity contribution is 0.0610. The summed E-state index contributed by atoms with van der Waals surface area (Å²) in [5.74, 6) is 0.932. The Kier molecular flexibility index (Phi) is 7.09. The number of nitrogens with zero attached hydrogens (tertiary/aromatic N) is 1. The van der Waals surface area contributed by atoms with E-state index in [1.54, 1.807) is 0 Å². The van der Waals surface area contributed by atoms with Crippen LogP contribution in [-0.4, -0.2) is 50.3 Å². The molecule has 1 fully saturated rings. The predicted molar refractivity (Wildman–Crippen MR) is 73.4 cm³/mol. The summed E-state index contributed by atoms with van der Waals surface area (Å²) in [6, 6.07) is 0.678. The Balaban J connectivity index is 2.14. The number of likely N-dealkylation sites (N-methyl/N-ethyl adjacent to an activating group) is 1. The van der Waals surface area contributed by atoms with E-state index in [1.165, 1.54) is 25.8 Å². The summed E-state index contributed by atoms with van der Waals surface area (Å²) >= 11 is 0. The molecule has 1 aliphatic heterocycles. The van der Waals surface area contributed by atoms with Crippen LogP contribution in [0.2, 0.25) is 0 Å². The van der Waals surface area contributed by atoms with Crippen LogP contribution in [0.25, 0.3) is 0 Å².